The van der Waals surface area contributed by atoms with Crippen molar-refractivity contribution in [2.75, 3.05) is 6.61 Å². The predicted molar refractivity (Wildman–Crippen MR) is 95.7 cm³/mol. The predicted octanol–water partition coefficient (Wildman–Crippen LogP) is 3.79. The molecule has 3 aromatic rings. The molecule has 1 amide bonds. The van der Waals surface area contributed by atoms with E-state index in [2.05, 4.69) is 31.2 Å². The van der Waals surface area contributed by atoms with E-state index in [-0.39, 0.29) is 24.4 Å². The average Bonchev–Trinajstić information content (AvgIpc) is 2.60. The molecular formula is C18H15BrFN3O2. The molecule has 0 bridgehead atoms. The Morgan fingerprint density at radius 1 is 1.24 bits per heavy atom. The Hall–Kier alpha value is -2.54. The van der Waals surface area contributed by atoms with Crippen LogP contribution in [0.4, 0.5) is 4.39 Å². The number of ether oxygens (including phenoxy) is 1. The number of halogens is 2. The van der Waals surface area contributed by atoms with E-state index in [0.717, 1.165) is 20.9 Å². The third kappa shape index (κ3) is 4.30. The molecule has 2 aromatic carbocycles. The largest absolute Gasteiger partial charge is 0.467 e. The molecule has 128 valence electrons. The molecule has 1 atom stereocenters. The maximum absolute atomic E-state index is 13.0. The first kappa shape index (κ1) is 17.3. The van der Waals surface area contributed by atoms with Crippen molar-refractivity contribution in [1.29, 1.82) is 0 Å². The Balaban J connectivity index is 1.64. The van der Waals surface area contributed by atoms with Crippen molar-refractivity contribution in [3.05, 3.63) is 64.6 Å². The number of carbonyl (C=O) groups excluding carboxylic acids is 1. The molecule has 0 aliphatic carbocycles. The van der Waals surface area contributed by atoms with E-state index in [9.17, 15) is 9.18 Å². The number of hydrogen-bond acceptors (Lipinski definition) is 4. The van der Waals surface area contributed by atoms with Gasteiger partial charge in [-0.15, -0.1) is 0 Å². The normalized spacial score (nSPS) is 12.0. The van der Waals surface area contributed by atoms with Crippen molar-refractivity contribution in [2.45, 2.75) is 13.0 Å². The summed E-state index contributed by atoms with van der Waals surface area (Å²) in [6.45, 7) is 1.65. The SMILES string of the molecule is CC(NC(=O)COc1ncnc2ccc(Br)cc12)c1ccc(F)cc1. The molecule has 1 unspecified atom stereocenters. The lowest BCUT2D eigenvalue weighted by molar-refractivity contribution is -0.123. The van der Waals surface area contributed by atoms with Crippen LogP contribution in [0.5, 0.6) is 5.88 Å². The zero-order valence-corrected chi connectivity index (χ0v) is 15.0. The molecule has 5 nitrogen and oxygen atoms in total. The van der Waals surface area contributed by atoms with Crippen LogP contribution in [-0.4, -0.2) is 22.5 Å². The zero-order chi connectivity index (χ0) is 17.8. The van der Waals surface area contributed by atoms with Gasteiger partial charge in [0.2, 0.25) is 5.88 Å². The number of carbonyl (C=O) groups is 1. The van der Waals surface area contributed by atoms with E-state index < -0.39 is 0 Å². The molecule has 0 radical (unpaired) electrons. The van der Waals surface area contributed by atoms with Crippen molar-refractivity contribution >= 4 is 32.7 Å². The highest BCUT2D eigenvalue weighted by Crippen LogP contribution is 2.24. The van der Waals surface area contributed by atoms with Crippen LogP contribution in [0.1, 0.15) is 18.5 Å². The van der Waals surface area contributed by atoms with E-state index in [4.69, 9.17) is 4.74 Å². The molecule has 0 spiro atoms. The van der Waals surface area contributed by atoms with Crippen LogP contribution < -0.4 is 10.1 Å². The number of aromatic nitrogens is 2. The first-order valence-electron chi connectivity index (χ1n) is 7.61. The topological polar surface area (TPSA) is 64.1 Å². The minimum absolute atomic E-state index is 0.176. The minimum atomic E-state index is -0.313. The maximum atomic E-state index is 13.0. The van der Waals surface area contributed by atoms with Gasteiger partial charge in [-0.1, -0.05) is 28.1 Å². The molecule has 25 heavy (non-hydrogen) atoms. The number of hydrogen-bond donors (Lipinski definition) is 1. The van der Waals surface area contributed by atoms with E-state index in [0.29, 0.717) is 5.88 Å². The summed E-state index contributed by atoms with van der Waals surface area (Å²) in [6, 6.07) is 11.3. The summed E-state index contributed by atoms with van der Waals surface area (Å²) in [5.74, 6) is -0.262. The molecule has 1 aromatic heterocycles. The second-order valence-corrected chi connectivity index (χ2v) is 6.39. The fourth-order valence-corrected chi connectivity index (χ4v) is 2.73. The third-order valence-electron chi connectivity index (χ3n) is 3.65. The van der Waals surface area contributed by atoms with Gasteiger partial charge in [0.15, 0.2) is 6.61 Å². The van der Waals surface area contributed by atoms with Gasteiger partial charge in [-0.05, 0) is 42.8 Å². The maximum Gasteiger partial charge on any atom is 0.258 e. The second-order valence-electron chi connectivity index (χ2n) is 5.47. The van der Waals surface area contributed by atoms with Gasteiger partial charge < -0.3 is 10.1 Å². The number of nitrogens with one attached hydrogen (secondary N) is 1. The van der Waals surface area contributed by atoms with Crippen LogP contribution in [0, 0.1) is 5.82 Å². The van der Waals surface area contributed by atoms with Crippen LogP contribution in [0.25, 0.3) is 10.9 Å². The highest BCUT2D eigenvalue weighted by atomic mass is 79.9. The fourth-order valence-electron chi connectivity index (χ4n) is 2.37. The van der Waals surface area contributed by atoms with Crippen molar-refractivity contribution in [1.82, 2.24) is 15.3 Å². The van der Waals surface area contributed by atoms with Gasteiger partial charge in [-0.2, -0.15) is 0 Å². The van der Waals surface area contributed by atoms with Crippen LogP contribution in [0.3, 0.4) is 0 Å². The highest BCUT2D eigenvalue weighted by molar-refractivity contribution is 9.10. The molecular weight excluding hydrogens is 389 g/mol. The number of benzene rings is 2. The third-order valence-corrected chi connectivity index (χ3v) is 4.14. The Morgan fingerprint density at radius 2 is 2.00 bits per heavy atom. The summed E-state index contributed by atoms with van der Waals surface area (Å²) in [4.78, 5) is 20.4. The average molecular weight is 404 g/mol. The first-order chi connectivity index (χ1) is 12.0. The summed E-state index contributed by atoms with van der Waals surface area (Å²) in [5, 5.41) is 3.53. The highest BCUT2D eigenvalue weighted by Gasteiger charge is 2.12. The monoisotopic (exact) mass is 403 g/mol. The summed E-state index contributed by atoms with van der Waals surface area (Å²) in [5.41, 5.74) is 1.54. The minimum Gasteiger partial charge on any atom is -0.467 e. The fraction of sp³-hybridized carbons (Fsp3) is 0.167. The molecule has 1 heterocycles. The molecule has 3 rings (SSSR count). The van der Waals surface area contributed by atoms with Crippen LogP contribution in [-0.2, 0) is 4.79 Å². The van der Waals surface area contributed by atoms with E-state index in [1.165, 1.54) is 18.5 Å². The lowest BCUT2D eigenvalue weighted by atomic mass is 10.1. The van der Waals surface area contributed by atoms with E-state index >= 15 is 0 Å². The summed E-state index contributed by atoms with van der Waals surface area (Å²) in [6.07, 6.45) is 1.39. The molecule has 0 aliphatic rings. The molecule has 1 N–H and O–H groups in total. The van der Waals surface area contributed by atoms with Crippen LogP contribution in [0.15, 0.2) is 53.3 Å². The number of fused-ring (bicyclic) bond motifs is 1. The second kappa shape index (κ2) is 7.57. The van der Waals surface area contributed by atoms with Gasteiger partial charge in [0.25, 0.3) is 5.91 Å². The molecule has 0 fully saturated rings. The van der Waals surface area contributed by atoms with Crippen molar-refractivity contribution in [3.63, 3.8) is 0 Å². The zero-order valence-electron chi connectivity index (χ0n) is 13.4. The van der Waals surface area contributed by atoms with E-state index in [1.807, 2.05) is 25.1 Å². The summed E-state index contributed by atoms with van der Waals surface area (Å²) in [7, 11) is 0. The van der Waals surface area contributed by atoms with Gasteiger partial charge in [0, 0.05) is 4.47 Å². The van der Waals surface area contributed by atoms with Crippen LogP contribution >= 0.6 is 15.9 Å². The van der Waals surface area contributed by atoms with Gasteiger partial charge in [0.05, 0.1) is 16.9 Å². The summed E-state index contributed by atoms with van der Waals surface area (Å²) >= 11 is 3.39. The Kier molecular flexibility index (Phi) is 5.23. The lowest BCUT2D eigenvalue weighted by Gasteiger charge is -2.15. The molecule has 0 saturated carbocycles. The number of nitrogens with zero attached hydrogens (tertiary/aromatic N) is 2. The van der Waals surface area contributed by atoms with Crippen molar-refractivity contribution in [2.24, 2.45) is 0 Å². The summed E-state index contributed by atoms with van der Waals surface area (Å²) < 4.78 is 19.4. The number of rotatable bonds is 5. The first-order valence-corrected chi connectivity index (χ1v) is 8.40. The van der Waals surface area contributed by atoms with E-state index in [1.54, 1.807) is 12.1 Å². The standard InChI is InChI=1S/C18H15BrFN3O2/c1-11(12-2-5-14(20)6-3-12)23-17(24)9-25-18-15-8-13(19)4-7-16(15)21-10-22-18/h2-8,10-11H,9H2,1H3,(H,23,24). The number of amides is 1. The van der Waals surface area contributed by atoms with Crippen molar-refractivity contribution in [3.8, 4) is 5.88 Å². The van der Waals surface area contributed by atoms with Gasteiger partial charge >= 0.3 is 0 Å². The lowest BCUT2D eigenvalue weighted by Crippen LogP contribution is -2.31. The van der Waals surface area contributed by atoms with Crippen LogP contribution in [0.2, 0.25) is 0 Å². The molecule has 7 heteroatoms. The smallest absolute Gasteiger partial charge is 0.258 e. The molecule has 0 saturated heterocycles. The van der Waals surface area contributed by atoms with Gasteiger partial charge in [-0.25, -0.2) is 14.4 Å². The molecule has 0 aliphatic heterocycles. The Labute approximate surface area is 152 Å². The Bertz CT molecular complexity index is 902. The van der Waals surface area contributed by atoms with Gasteiger partial charge in [0.1, 0.15) is 12.1 Å². The quantitative estimate of drug-likeness (QED) is 0.703. The van der Waals surface area contributed by atoms with Crippen molar-refractivity contribution < 1.29 is 13.9 Å². The van der Waals surface area contributed by atoms with Gasteiger partial charge in [-0.3, -0.25) is 4.79 Å². The Morgan fingerprint density at radius 3 is 2.76 bits per heavy atom.